The molecule has 2 aromatic rings. The van der Waals surface area contributed by atoms with Crippen LogP contribution in [0.4, 0.5) is 35.9 Å². The van der Waals surface area contributed by atoms with Crippen molar-refractivity contribution in [1.82, 2.24) is 0 Å². The Morgan fingerprint density at radius 1 is 1.07 bits per heavy atom. The van der Waals surface area contributed by atoms with Crippen molar-refractivity contribution in [3.05, 3.63) is 61.7 Å². The summed E-state index contributed by atoms with van der Waals surface area (Å²) in [6, 6.07) is 4.25. The number of benzene rings is 2. The zero-order chi connectivity index (χ0) is 21.9. The lowest BCUT2D eigenvalue weighted by Gasteiger charge is -2.14. The Kier molecular flexibility index (Phi) is 6.60. The largest absolute Gasteiger partial charge is 0.416 e. The predicted molar refractivity (Wildman–Crippen MR) is 99.5 cm³/mol. The molecule has 13 heteroatoms. The zero-order valence-corrected chi connectivity index (χ0v) is 16.1. The third-order valence-electron chi connectivity index (χ3n) is 4.00. The van der Waals surface area contributed by atoms with Crippen LogP contribution < -0.4 is 10.6 Å². The summed E-state index contributed by atoms with van der Waals surface area (Å²) in [4.78, 5) is 20.8. The molecule has 0 aliphatic heterocycles. The lowest BCUT2D eigenvalue weighted by molar-refractivity contribution is -0.384. The SMILES string of the molecule is CCc1cc([N+](=O)[O-])c([PH](=O)OC)cc1Nc1ccc(C(F)(F)F)cc1[N+](=O)[O-]. The number of hydrogen-bond donors (Lipinski definition) is 1. The van der Waals surface area contributed by atoms with Crippen LogP contribution >= 0.6 is 8.03 Å². The first-order chi connectivity index (χ1) is 13.5. The van der Waals surface area contributed by atoms with E-state index in [0.717, 1.165) is 25.3 Å². The molecule has 9 nitrogen and oxygen atoms in total. The lowest BCUT2D eigenvalue weighted by Crippen LogP contribution is -2.11. The van der Waals surface area contributed by atoms with Gasteiger partial charge >= 0.3 is 6.18 Å². The minimum atomic E-state index is -4.77. The van der Waals surface area contributed by atoms with Crippen LogP contribution in [0.1, 0.15) is 18.1 Å². The van der Waals surface area contributed by atoms with E-state index in [1.54, 1.807) is 6.92 Å². The van der Waals surface area contributed by atoms with Crippen molar-refractivity contribution < 1.29 is 32.1 Å². The first-order valence-corrected chi connectivity index (χ1v) is 9.33. The molecular weight excluding hydrogens is 418 g/mol. The Balaban J connectivity index is 2.63. The third-order valence-corrected chi connectivity index (χ3v) is 5.21. The number of nitro benzene ring substituents is 2. The number of aryl methyl sites for hydroxylation is 1. The average Bonchev–Trinajstić information content (AvgIpc) is 2.66. The maximum Gasteiger partial charge on any atom is 0.416 e. The van der Waals surface area contributed by atoms with Crippen LogP contribution in [0.5, 0.6) is 0 Å². The zero-order valence-electron chi connectivity index (χ0n) is 15.1. The molecule has 0 heterocycles. The van der Waals surface area contributed by atoms with Gasteiger partial charge in [0.05, 0.1) is 15.4 Å². The standard InChI is InChI=1S/C16H15F3N3O6P/c1-3-9-6-14(22(25)26)15(29(27)28-2)8-12(9)20-11-5-4-10(16(17,18)19)7-13(11)21(23)24/h4-8,20,29H,3H2,1-2H3. The molecule has 2 aromatic carbocycles. The minimum absolute atomic E-state index is 0.131. The fraction of sp³-hybridized carbons (Fsp3) is 0.250. The van der Waals surface area contributed by atoms with Gasteiger partial charge in [0, 0.05) is 24.9 Å². The van der Waals surface area contributed by atoms with E-state index < -0.39 is 41.0 Å². The molecule has 0 aromatic heterocycles. The molecule has 0 aliphatic carbocycles. The fourth-order valence-corrected chi connectivity index (χ4v) is 3.43. The van der Waals surface area contributed by atoms with Crippen molar-refractivity contribution in [2.45, 2.75) is 19.5 Å². The van der Waals surface area contributed by atoms with Crippen molar-refractivity contribution in [3.8, 4) is 0 Å². The Labute approximate surface area is 162 Å². The Morgan fingerprint density at radius 2 is 1.69 bits per heavy atom. The van der Waals surface area contributed by atoms with Crippen molar-refractivity contribution >= 4 is 36.1 Å². The molecule has 0 bridgehead atoms. The van der Waals surface area contributed by atoms with Gasteiger partial charge in [0.2, 0.25) is 8.03 Å². The van der Waals surface area contributed by atoms with Gasteiger partial charge in [-0.3, -0.25) is 24.8 Å². The minimum Gasteiger partial charge on any atom is -0.350 e. The second-order valence-corrected chi connectivity index (χ2v) is 7.26. The molecule has 0 amide bonds. The summed E-state index contributed by atoms with van der Waals surface area (Å²) in [6.45, 7) is 1.66. The second kappa shape index (κ2) is 8.58. The van der Waals surface area contributed by atoms with E-state index in [2.05, 4.69) is 5.32 Å². The number of alkyl halides is 3. The first-order valence-electron chi connectivity index (χ1n) is 8.01. The van der Waals surface area contributed by atoms with Gasteiger partial charge in [-0.15, -0.1) is 0 Å². The molecule has 0 radical (unpaired) electrons. The van der Waals surface area contributed by atoms with E-state index in [1.165, 1.54) is 0 Å². The summed E-state index contributed by atoms with van der Waals surface area (Å²) < 4.78 is 55.3. The quantitative estimate of drug-likeness (QED) is 0.385. The van der Waals surface area contributed by atoms with Gasteiger partial charge in [-0.1, -0.05) is 6.92 Å². The smallest absolute Gasteiger partial charge is 0.350 e. The van der Waals surface area contributed by atoms with E-state index in [0.29, 0.717) is 17.7 Å². The number of nitrogens with zero attached hydrogens (tertiary/aromatic N) is 2. The van der Waals surface area contributed by atoms with Crippen LogP contribution in [0.3, 0.4) is 0 Å². The van der Waals surface area contributed by atoms with Crippen LogP contribution in [-0.2, 0) is 21.7 Å². The highest BCUT2D eigenvalue weighted by Crippen LogP contribution is 2.38. The molecule has 0 fully saturated rings. The Bertz CT molecular complexity index is 997. The third kappa shape index (κ3) is 4.90. The second-order valence-electron chi connectivity index (χ2n) is 5.74. The van der Waals surface area contributed by atoms with Crippen LogP contribution in [-0.4, -0.2) is 17.0 Å². The molecule has 0 saturated carbocycles. The lowest BCUT2D eigenvalue weighted by atomic mass is 10.1. The number of nitro groups is 2. The Morgan fingerprint density at radius 3 is 2.17 bits per heavy atom. The van der Waals surface area contributed by atoms with Gasteiger partial charge in [0.15, 0.2) is 0 Å². The van der Waals surface area contributed by atoms with Gasteiger partial charge in [-0.25, -0.2) is 0 Å². The van der Waals surface area contributed by atoms with Gasteiger partial charge in [-0.05, 0) is 30.2 Å². The van der Waals surface area contributed by atoms with Crippen LogP contribution in [0, 0.1) is 20.2 Å². The molecule has 1 atom stereocenters. The number of anilines is 2. The normalized spacial score (nSPS) is 12.4. The maximum absolute atomic E-state index is 12.9. The predicted octanol–water partition coefficient (Wildman–Crippen LogP) is 4.57. The molecular formula is C16H15F3N3O6P. The van der Waals surface area contributed by atoms with Gasteiger partial charge in [0.25, 0.3) is 11.4 Å². The molecule has 2 rings (SSSR count). The molecule has 29 heavy (non-hydrogen) atoms. The molecule has 156 valence electrons. The summed E-state index contributed by atoms with van der Waals surface area (Å²) >= 11 is 0. The molecule has 1 N–H and O–H groups in total. The monoisotopic (exact) mass is 433 g/mol. The maximum atomic E-state index is 12.9. The van der Waals surface area contributed by atoms with Crippen molar-refractivity contribution in [1.29, 1.82) is 0 Å². The number of nitrogens with one attached hydrogen (secondary N) is 1. The van der Waals surface area contributed by atoms with Crippen LogP contribution in [0.2, 0.25) is 0 Å². The van der Waals surface area contributed by atoms with Crippen LogP contribution in [0.25, 0.3) is 0 Å². The summed E-state index contributed by atoms with van der Waals surface area (Å²) in [5, 5.41) is 24.9. The molecule has 0 saturated heterocycles. The Hall–Kier alpha value is -2.98. The average molecular weight is 433 g/mol. The summed E-state index contributed by atoms with van der Waals surface area (Å²) in [7, 11) is -1.88. The van der Waals surface area contributed by atoms with Gasteiger partial charge < -0.3 is 9.84 Å². The highest BCUT2D eigenvalue weighted by Gasteiger charge is 2.33. The van der Waals surface area contributed by atoms with Crippen molar-refractivity contribution in [2.24, 2.45) is 0 Å². The summed E-state index contributed by atoms with van der Waals surface area (Å²) in [6.07, 6.45) is -4.51. The molecule has 0 aliphatic rings. The van der Waals surface area contributed by atoms with Gasteiger partial charge in [-0.2, -0.15) is 13.2 Å². The topological polar surface area (TPSA) is 125 Å². The molecule has 1 unspecified atom stereocenters. The number of halogens is 3. The van der Waals surface area contributed by atoms with Crippen molar-refractivity contribution in [3.63, 3.8) is 0 Å². The number of rotatable bonds is 7. The highest BCUT2D eigenvalue weighted by atomic mass is 31.1. The van der Waals surface area contributed by atoms with Gasteiger partial charge in [0.1, 0.15) is 11.0 Å². The molecule has 0 spiro atoms. The number of hydrogen-bond acceptors (Lipinski definition) is 7. The highest BCUT2D eigenvalue weighted by molar-refractivity contribution is 7.48. The summed E-state index contributed by atoms with van der Waals surface area (Å²) in [5.74, 6) is 0. The van der Waals surface area contributed by atoms with Crippen LogP contribution in [0.15, 0.2) is 30.3 Å². The summed E-state index contributed by atoms with van der Waals surface area (Å²) in [5.41, 5.74) is -2.25. The van der Waals surface area contributed by atoms with E-state index >= 15 is 0 Å². The first kappa shape index (κ1) is 22.3. The van der Waals surface area contributed by atoms with E-state index in [1.807, 2.05) is 0 Å². The van der Waals surface area contributed by atoms with E-state index in [9.17, 15) is 38.0 Å². The fourth-order valence-electron chi connectivity index (χ4n) is 2.57. The van der Waals surface area contributed by atoms with Crippen molar-refractivity contribution in [2.75, 3.05) is 12.4 Å². The van der Waals surface area contributed by atoms with E-state index in [-0.39, 0.29) is 23.1 Å². The van der Waals surface area contributed by atoms with E-state index in [4.69, 9.17) is 4.52 Å².